The molecule has 29 heteroatoms. The van der Waals surface area contributed by atoms with Crippen molar-refractivity contribution in [2.24, 2.45) is 0 Å². The minimum atomic E-state index is -4.94. The van der Waals surface area contributed by atoms with E-state index in [1.165, 1.54) is 0 Å². The van der Waals surface area contributed by atoms with Crippen molar-refractivity contribution < 1.29 is 151 Å². The Balaban J connectivity index is 0.000000523. The number of hydrogen-bond donors (Lipinski definition) is 0. The van der Waals surface area contributed by atoms with Crippen molar-refractivity contribution in [2.45, 2.75) is 53.9 Å². The molecule has 1 radical (unpaired) electrons. The molecule has 7 aromatic rings. The van der Waals surface area contributed by atoms with Crippen LogP contribution in [0.2, 0.25) is 0 Å². The van der Waals surface area contributed by atoms with Crippen LogP contribution in [0.5, 0.6) is 0 Å². The second kappa shape index (κ2) is 27.7. The second-order valence-corrected chi connectivity index (χ2v) is 18.6. The number of nitrogens with zero attached hydrogens (tertiary/aromatic N) is 8. The zero-order valence-corrected chi connectivity index (χ0v) is 44.7. The van der Waals surface area contributed by atoms with Crippen molar-refractivity contribution >= 4 is 46.4 Å². The molecule has 0 saturated heterocycles. The van der Waals surface area contributed by atoms with E-state index in [0.29, 0.717) is 0 Å². The molecule has 24 nitrogen and oxygen atoms in total. The number of rotatable bonds is 8. The third kappa shape index (κ3) is 20.5. The maximum Gasteiger partial charge on any atom is 2.00 e. The van der Waals surface area contributed by atoms with E-state index in [4.69, 9.17) is 94.5 Å². The molecule has 8 bridgehead atoms. The molecule has 0 fully saturated rings. The van der Waals surface area contributed by atoms with Gasteiger partial charge >= 0.3 is 16.8 Å². The van der Waals surface area contributed by atoms with E-state index in [9.17, 15) is 0 Å². The normalized spacial score (nSPS) is 11.9. The van der Waals surface area contributed by atoms with E-state index in [1.807, 2.05) is 0 Å². The van der Waals surface area contributed by atoms with Crippen LogP contribution in [0.25, 0.3) is 90.9 Å². The second-order valence-electron chi connectivity index (χ2n) is 15.5. The molecule has 0 amide bonds. The Morgan fingerprint density at radius 1 is 0.312 bits per heavy atom. The quantitative estimate of drug-likeness (QED) is 0.127. The molecule has 0 N–H and O–H groups in total. The molecule has 0 unspecified atom stereocenters. The van der Waals surface area contributed by atoms with Crippen LogP contribution in [0.1, 0.15) is 50.5 Å². The molecule has 7 aromatic heterocycles. The maximum atomic E-state index is 8.49. The molecular formula is C48H44Cl4CoN8O16. The minimum absolute atomic E-state index is 0. The minimum Gasteiger partial charge on any atom is -0.657 e. The Morgan fingerprint density at radius 3 is 0.610 bits per heavy atom. The first-order chi connectivity index (χ1) is 35.5. The first-order valence-electron chi connectivity index (χ1n) is 22.0. The van der Waals surface area contributed by atoms with Crippen molar-refractivity contribution in [1.29, 1.82) is 0 Å². The van der Waals surface area contributed by atoms with Crippen LogP contribution in [-0.2, 0) is 43.0 Å². The summed E-state index contributed by atoms with van der Waals surface area (Å²) in [6, 6.07) is 25.8. The zero-order valence-electron chi connectivity index (χ0n) is 40.6. The van der Waals surface area contributed by atoms with Crippen molar-refractivity contribution in [3.63, 3.8) is 0 Å². The van der Waals surface area contributed by atoms with Crippen LogP contribution < -0.4 is 103 Å². The van der Waals surface area contributed by atoms with Gasteiger partial charge in [-0.1, -0.05) is 24.3 Å². The van der Waals surface area contributed by atoms with Crippen molar-refractivity contribution in [3.05, 3.63) is 145 Å². The summed E-state index contributed by atoms with van der Waals surface area (Å²) in [7, 11) is -19.8. The Bertz CT molecular complexity index is 2840. The smallest absolute Gasteiger partial charge is 0.657 e. The molecular weight excluding hydrogens is 1150 g/mol. The van der Waals surface area contributed by atoms with Gasteiger partial charge in [0.05, 0.1) is 22.8 Å². The third-order valence-corrected chi connectivity index (χ3v) is 10.8. The number of halogens is 4. The SMILES string of the molecule is CC[n+]1ccc(-c2c3nc(c(-c4cc[n+](CC)cc4)c4ccc([n-]4)c(-c4cc[n+](CC)cc4)c4nc(c(-c5cc[n+](CC)cc5)c5ccc2[n-]5)C=C4)C=C3)cc1.[Co+2].[O-][Cl+3]([O-])([O-])[O-].[O-][Cl+3]([O-])([O-])[O-].[O-][Cl+3]([O-])([O-])[O-].[O-][Cl+3]([O-])([O-])[O-]. The molecule has 0 spiro atoms. The first kappa shape index (κ1) is 63.8. The van der Waals surface area contributed by atoms with E-state index in [-0.39, 0.29) is 16.8 Å². The average Bonchev–Trinajstić information content (AvgIpc) is 4.19. The fraction of sp³-hybridized carbons (Fsp3) is 0.167. The molecule has 409 valence electrons. The van der Waals surface area contributed by atoms with Crippen LogP contribution in [0.3, 0.4) is 0 Å². The van der Waals surface area contributed by atoms with Crippen molar-refractivity contribution in [3.8, 4) is 44.5 Å². The third-order valence-electron chi connectivity index (χ3n) is 10.8. The van der Waals surface area contributed by atoms with Gasteiger partial charge < -0.3 is 9.97 Å². The summed E-state index contributed by atoms with van der Waals surface area (Å²) in [4.78, 5) is 21.7. The van der Waals surface area contributed by atoms with Gasteiger partial charge in [-0.15, -0.1) is 63.0 Å². The van der Waals surface area contributed by atoms with Gasteiger partial charge in [-0.3, -0.25) is 0 Å². The summed E-state index contributed by atoms with van der Waals surface area (Å²) >= 11 is 0. The van der Waals surface area contributed by atoms with Crippen molar-refractivity contribution in [1.82, 2.24) is 19.9 Å². The Labute approximate surface area is 458 Å². The topological polar surface area (TPSA) is 438 Å². The molecule has 0 aliphatic carbocycles. The van der Waals surface area contributed by atoms with E-state index < -0.39 is 41.0 Å². The number of aromatic nitrogens is 8. The summed E-state index contributed by atoms with van der Waals surface area (Å²) in [5.41, 5.74) is 14.9. The molecule has 2 aliphatic rings. The van der Waals surface area contributed by atoms with Gasteiger partial charge in [0.15, 0.2) is 49.6 Å². The number of aryl methyl sites for hydroxylation is 4. The average molecular weight is 1190 g/mol. The van der Waals surface area contributed by atoms with Crippen LogP contribution in [0.15, 0.2) is 122 Å². The van der Waals surface area contributed by atoms with E-state index in [0.717, 1.165) is 116 Å². The molecule has 2 aliphatic heterocycles. The van der Waals surface area contributed by atoms with Gasteiger partial charge in [-0.25, -0.2) is 103 Å². The van der Waals surface area contributed by atoms with Crippen LogP contribution in [0, 0.1) is 41.0 Å². The fourth-order valence-corrected chi connectivity index (χ4v) is 7.61. The maximum absolute atomic E-state index is 8.49. The van der Waals surface area contributed by atoms with Crippen molar-refractivity contribution in [2.75, 3.05) is 0 Å². The number of hydrogen-bond acceptors (Lipinski definition) is 18. The van der Waals surface area contributed by atoms with Crippen LogP contribution in [-0.4, -0.2) is 9.97 Å². The molecule has 0 atom stereocenters. The summed E-state index contributed by atoms with van der Waals surface area (Å²) in [5, 5.41) is 0. The van der Waals surface area contributed by atoms with E-state index >= 15 is 0 Å². The largest absolute Gasteiger partial charge is 2.00 e. The predicted octanol–water partition coefficient (Wildman–Crippen LogP) is -11.2. The van der Waals surface area contributed by atoms with Gasteiger partial charge in [0.1, 0.15) is 26.2 Å². The standard InChI is InChI=1S/C48H44N8.4ClHO4.Co/c1-5-53-25-17-33(18-26-53)45-37-9-11-39(49-37)46(34-19-27-54(6-2)28-20-34)41-13-15-43(51-41)48(36-23-31-56(8-4)32-24-36)44-16-14-42(52-44)47(40-12-10-38(45)50-40)35-21-29-55(7-3)30-22-35;4*2-1(3,4)5;/h9-32H,5-8H2,1-4H3;4*(H,2,3,4,5);/q+2;;;;;+2/p-4. The van der Waals surface area contributed by atoms with Crippen LogP contribution in [0.4, 0.5) is 0 Å². The summed E-state index contributed by atoms with van der Waals surface area (Å²) in [5.74, 6) is 0. The fourth-order valence-electron chi connectivity index (χ4n) is 7.61. The monoisotopic (exact) mass is 1190 g/mol. The Hall–Kier alpha value is -5.77. The Kier molecular flexibility index (Phi) is 22.9. The zero-order chi connectivity index (χ0) is 56.2. The molecule has 0 saturated carbocycles. The molecule has 9 rings (SSSR count). The molecule has 0 aromatic carbocycles. The summed E-state index contributed by atoms with van der Waals surface area (Å²) in [6.07, 6.45) is 25.5. The Morgan fingerprint density at radius 2 is 0.468 bits per heavy atom. The molecule has 9 heterocycles. The van der Waals surface area contributed by atoms with E-state index in [2.05, 4.69) is 193 Å². The first-order valence-corrected chi connectivity index (χ1v) is 27.0. The van der Waals surface area contributed by atoms with E-state index in [1.54, 1.807) is 0 Å². The van der Waals surface area contributed by atoms with Gasteiger partial charge in [0, 0.05) is 48.5 Å². The van der Waals surface area contributed by atoms with Crippen LogP contribution >= 0.6 is 0 Å². The summed E-state index contributed by atoms with van der Waals surface area (Å²) < 4.78 is 145. The van der Waals surface area contributed by atoms with Gasteiger partial charge in [0.25, 0.3) is 0 Å². The van der Waals surface area contributed by atoms with Gasteiger partial charge in [-0.2, -0.15) is 0 Å². The number of pyridine rings is 4. The predicted molar refractivity (Wildman–Crippen MR) is 222 cm³/mol. The number of fused-ring (bicyclic) bond motifs is 8. The molecule has 77 heavy (non-hydrogen) atoms. The van der Waals surface area contributed by atoms with Gasteiger partial charge in [0.2, 0.25) is 0 Å². The summed E-state index contributed by atoms with van der Waals surface area (Å²) in [6.45, 7) is 12.1. The van der Waals surface area contributed by atoms with Gasteiger partial charge in [-0.05, 0) is 96.5 Å².